The second-order valence-corrected chi connectivity index (χ2v) is 9.33. The number of aromatic nitrogens is 4. The summed E-state index contributed by atoms with van der Waals surface area (Å²) in [6, 6.07) is 12.4. The monoisotopic (exact) mass is 507 g/mol. The molecule has 10 heteroatoms. The van der Waals surface area contributed by atoms with Crippen LogP contribution in [0.5, 0.6) is 0 Å². The minimum Gasteiger partial charge on any atom is -0.382 e. The number of pyridine rings is 1. The number of nitrogens with zero attached hydrogens (tertiary/aromatic N) is 5. The van der Waals surface area contributed by atoms with Gasteiger partial charge in [0.15, 0.2) is 0 Å². The molecule has 1 aromatic carbocycles. The van der Waals surface area contributed by atoms with Crippen LogP contribution in [0, 0.1) is 11.8 Å². The van der Waals surface area contributed by atoms with Crippen molar-refractivity contribution in [3.8, 4) is 23.1 Å². The quantitative estimate of drug-likeness (QED) is 0.407. The Morgan fingerprint density at radius 2 is 2.00 bits per heavy atom. The molecule has 0 radical (unpaired) electrons. The van der Waals surface area contributed by atoms with Gasteiger partial charge in [0.25, 0.3) is 11.8 Å². The fraction of sp³-hybridized carbons (Fsp3) is 0.250. The number of carbonyl (C=O) groups is 2. The van der Waals surface area contributed by atoms with E-state index < -0.39 is 5.54 Å². The first-order chi connectivity index (χ1) is 18.5. The highest BCUT2D eigenvalue weighted by molar-refractivity contribution is 6.04. The van der Waals surface area contributed by atoms with Gasteiger partial charge in [-0.3, -0.25) is 14.0 Å². The third kappa shape index (κ3) is 3.84. The standard InChI is InChI=1S/C28H25N7O3/c1-2-5-22(36)35-17-20-16-28(35,11-15-38-20)27-33-23(24-25(29)31-13-14-34(24)27)18-7-9-19(10-8-18)26(37)32-21-6-3-4-12-30-21/h3-4,6-10,12-14,20H,11,15-17H2,1H3,(H2,29,31)(H,30,32,37)/t20-,28+/m0/s1. The van der Waals surface area contributed by atoms with Crippen LogP contribution in [-0.4, -0.2) is 55.3 Å². The fourth-order valence-electron chi connectivity index (χ4n) is 5.45. The van der Waals surface area contributed by atoms with Crippen LogP contribution in [0.25, 0.3) is 16.8 Å². The lowest BCUT2D eigenvalue weighted by Gasteiger charge is -2.37. The van der Waals surface area contributed by atoms with E-state index in [4.69, 9.17) is 15.5 Å². The van der Waals surface area contributed by atoms with E-state index in [0.29, 0.717) is 60.2 Å². The van der Waals surface area contributed by atoms with Crippen LogP contribution in [-0.2, 0) is 15.1 Å². The topological polar surface area (TPSA) is 128 Å². The fourth-order valence-corrected chi connectivity index (χ4v) is 5.45. The van der Waals surface area contributed by atoms with Gasteiger partial charge in [0.05, 0.1) is 6.10 Å². The van der Waals surface area contributed by atoms with Crippen molar-refractivity contribution >= 4 is 29.0 Å². The molecule has 2 bridgehead atoms. The van der Waals surface area contributed by atoms with Crippen molar-refractivity contribution in [1.29, 1.82) is 0 Å². The summed E-state index contributed by atoms with van der Waals surface area (Å²) in [6.07, 6.45) is 6.19. The molecule has 5 heterocycles. The Balaban J connectivity index is 1.42. The van der Waals surface area contributed by atoms with E-state index in [1.807, 2.05) is 22.7 Å². The van der Waals surface area contributed by atoms with Gasteiger partial charge in [-0.2, -0.15) is 0 Å². The maximum Gasteiger partial charge on any atom is 0.299 e. The highest BCUT2D eigenvalue weighted by atomic mass is 16.5. The number of imidazole rings is 1. The van der Waals surface area contributed by atoms with Crippen molar-refractivity contribution in [3.05, 3.63) is 72.4 Å². The summed E-state index contributed by atoms with van der Waals surface area (Å²) < 4.78 is 7.84. The van der Waals surface area contributed by atoms with Crippen LogP contribution in [0.4, 0.5) is 11.6 Å². The Labute approximate surface area is 218 Å². The largest absolute Gasteiger partial charge is 0.382 e. The zero-order chi connectivity index (χ0) is 26.3. The molecule has 0 saturated carbocycles. The Bertz CT molecular complexity index is 1600. The number of benzene rings is 1. The zero-order valence-electron chi connectivity index (χ0n) is 20.7. The summed E-state index contributed by atoms with van der Waals surface area (Å²) in [7, 11) is 0. The number of likely N-dealkylation sites (tertiary alicyclic amines) is 1. The van der Waals surface area contributed by atoms with Crippen molar-refractivity contribution in [2.45, 2.75) is 31.4 Å². The number of nitrogens with one attached hydrogen (secondary N) is 1. The first-order valence-electron chi connectivity index (χ1n) is 12.3. The van der Waals surface area contributed by atoms with Gasteiger partial charge in [0, 0.05) is 55.7 Å². The smallest absolute Gasteiger partial charge is 0.299 e. The molecule has 3 aromatic heterocycles. The molecule has 3 N–H and O–H groups in total. The third-order valence-electron chi connectivity index (χ3n) is 7.14. The van der Waals surface area contributed by atoms with E-state index in [0.717, 1.165) is 5.56 Å². The SMILES string of the molecule is CC#CC(=O)N1C[C@@H]2C[C@@]1(c1nc(-c3ccc(C(=O)Nc4ccccn4)cc3)c3c(N)nccn13)CCO2. The van der Waals surface area contributed by atoms with Gasteiger partial charge in [-0.05, 0) is 37.1 Å². The average molecular weight is 508 g/mol. The maximum atomic E-state index is 13.1. The number of carbonyl (C=O) groups excluding carboxylic acids is 2. The van der Waals surface area contributed by atoms with Crippen LogP contribution in [0.3, 0.4) is 0 Å². The molecule has 0 unspecified atom stereocenters. The maximum absolute atomic E-state index is 13.1. The number of ether oxygens (including phenoxy) is 1. The lowest BCUT2D eigenvalue weighted by molar-refractivity contribution is -0.130. The van der Waals surface area contributed by atoms with Crippen LogP contribution in [0.2, 0.25) is 0 Å². The molecule has 38 heavy (non-hydrogen) atoms. The predicted molar refractivity (Wildman–Crippen MR) is 141 cm³/mol. The molecular weight excluding hydrogens is 482 g/mol. The minimum atomic E-state index is -0.679. The Kier molecular flexibility index (Phi) is 5.77. The highest BCUT2D eigenvalue weighted by Gasteiger charge is 2.54. The number of rotatable bonds is 4. The lowest BCUT2D eigenvalue weighted by Crippen LogP contribution is -2.46. The summed E-state index contributed by atoms with van der Waals surface area (Å²) >= 11 is 0. The lowest BCUT2D eigenvalue weighted by atomic mass is 9.88. The number of hydrogen-bond donors (Lipinski definition) is 2. The van der Waals surface area contributed by atoms with Crippen molar-refractivity contribution in [2.24, 2.45) is 0 Å². The molecule has 2 amide bonds. The van der Waals surface area contributed by atoms with Gasteiger partial charge in [-0.25, -0.2) is 15.0 Å². The van der Waals surface area contributed by atoms with Crippen LogP contribution >= 0.6 is 0 Å². The molecule has 2 fully saturated rings. The van der Waals surface area contributed by atoms with E-state index in [-0.39, 0.29) is 17.9 Å². The molecule has 2 aliphatic rings. The number of nitrogens with two attached hydrogens (primary N) is 1. The minimum absolute atomic E-state index is 0.0850. The Hall–Kier alpha value is -4.75. The molecule has 4 aromatic rings. The Morgan fingerprint density at radius 3 is 2.76 bits per heavy atom. The van der Waals surface area contributed by atoms with Crippen molar-refractivity contribution in [1.82, 2.24) is 24.3 Å². The molecule has 6 rings (SSSR count). The second kappa shape index (κ2) is 9.28. The Morgan fingerprint density at radius 1 is 1.16 bits per heavy atom. The summed E-state index contributed by atoms with van der Waals surface area (Å²) in [5.74, 6) is 6.40. The molecular formula is C28H25N7O3. The summed E-state index contributed by atoms with van der Waals surface area (Å²) in [5, 5.41) is 2.79. The number of amides is 2. The molecule has 0 spiro atoms. The number of fused-ring (bicyclic) bond motifs is 3. The van der Waals surface area contributed by atoms with Crippen molar-refractivity contribution < 1.29 is 14.3 Å². The average Bonchev–Trinajstić information content (AvgIpc) is 3.46. The van der Waals surface area contributed by atoms with Gasteiger partial charge in [0.1, 0.15) is 34.2 Å². The van der Waals surface area contributed by atoms with Crippen LogP contribution in [0.15, 0.2) is 61.1 Å². The third-order valence-corrected chi connectivity index (χ3v) is 7.14. The molecule has 190 valence electrons. The number of anilines is 2. The van der Waals surface area contributed by atoms with Gasteiger partial charge in [-0.15, -0.1) is 0 Å². The van der Waals surface area contributed by atoms with Gasteiger partial charge < -0.3 is 20.7 Å². The second-order valence-electron chi connectivity index (χ2n) is 9.33. The van der Waals surface area contributed by atoms with E-state index in [1.165, 1.54) is 0 Å². The molecule has 10 nitrogen and oxygen atoms in total. The molecule has 2 aliphatic heterocycles. The van der Waals surface area contributed by atoms with Gasteiger partial charge >= 0.3 is 0 Å². The van der Waals surface area contributed by atoms with E-state index in [2.05, 4.69) is 27.1 Å². The summed E-state index contributed by atoms with van der Waals surface area (Å²) in [5.41, 5.74) is 8.21. The van der Waals surface area contributed by atoms with Gasteiger partial charge in [0.2, 0.25) is 0 Å². The zero-order valence-corrected chi connectivity index (χ0v) is 20.7. The predicted octanol–water partition coefficient (Wildman–Crippen LogP) is 2.87. The molecule has 2 atom stereocenters. The number of hydrogen-bond acceptors (Lipinski definition) is 7. The van der Waals surface area contributed by atoms with Crippen LogP contribution < -0.4 is 11.1 Å². The van der Waals surface area contributed by atoms with E-state index in [1.54, 1.807) is 54.5 Å². The van der Waals surface area contributed by atoms with Crippen molar-refractivity contribution in [3.63, 3.8) is 0 Å². The van der Waals surface area contributed by atoms with E-state index >= 15 is 0 Å². The first-order valence-corrected chi connectivity index (χ1v) is 12.3. The normalized spacial score (nSPS) is 20.1. The van der Waals surface area contributed by atoms with Crippen LogP contribution in [0.1, 0.15) is 35.9 Å². The molecule has 2 saturated heterocycles. The first kappa shape index (κ1) is 23.6. The number of nitrogen functional groups attached to an aromatic ring is 1. The highest BCUT2D eigenvalue weighted by Crippen LogP contribution is 2.47. The van der Waals surface area contributed by atoms with E-state index in [9.17, 15) is 9.59 Å². The summed E-state index contributed by atoms with van der Waals surface area (Å²) in [6.45, 7) is 2.62. The molecule has 0 aliphatic carbocycles. The van der Waals surface area contributed by atoms with Crippen molar-refractivity contribution in [2.75, 3.05) is 24.2 Å². The summed E-state index contributed by atoms with van der Waals surface area (Å²) in [4.78, 5) is 41.1. The van der Waals surface area contributed by atoms with Gasteiger partial charge in [-0.1, -0.05) is 24.1 Å².